The number of rotatable bonds is 4. The number of carbonyl (C=O) groups excluding carboxylic acids is 1. The fourth-order valence-electron chi connectivity index (χ4n) is 3.71. The second-order valence-corrected chi connectivity index (χ2v) is 7.57. The molecule has 2 aliphatic rings. The first kappa shape index (κ1) is 26.4. The predicted octanol–water partition coefficient (Wildman–Crippen LogP) is -0.371. The number of carbonyl (C=O) groups is 1. The monoisotopic (exact) mass is 423 g/mol. The molecule has 2 saturated heterocycles. The van der Waals surface area contributed by atoms with Gasteiger partial charge in [-0.25, -0.2) is 0 Å². The number of hydrogen-bond acceptors (Lipinski definition) is 6. The van der Waals surface area contributed by atoms with Crippen molar-refractivity contribution >= 4 is 16.4 Å². The standard InChI is InChI=1S/C17H23NO3.H2O4S.2H2O/c1-18-13-7-8-14(18)10-15(9-13)21-17(20)16(11-19)12-5-3-2-4-6-12;1-5(2,3)4;;/h2-6,13-16,19H,7-11H2,1H3;(H2,1,2,3,4);2*1H2/t13-,14+,15?,16?;;;. The maximum atomic E-state index is 12.4. The molecule has 2 heterocycles. The Morgan fingerprint density at radius 2 is 1.61 bits per heavy atom. The fraction of sp³-hybridized carbons (Fsp3) is 0.588. The van der Waals surface area contributed by atoms with Crippen molar-refractivity contribution in [1.29, 1.82) is 0 Å². The SMILES string of the molecule is CN1[C@@H]2CC[C@H]1CC(OC(=O)C(CO)c1ccccc1)C2.O.O.O=S(=O)(O)O. The summed E-state index contributed by atoms with van der Waals surface area (Å²) in [4.78, 5) is 14.8. The van der Waals surface area contributed by atoms with E-state index in [9.17, 15) is 9.90 Å². The van der Waals surface area contributed by atoms with Crippen molar-refractivity contribution in [3.8, 4) is 0 Å². The maximum absolute atomic E-state index is 12.4. The molecule has 0 amide bonds. The maximum Gasteiger partial charge on any atom is 0.394 e. The molecular formula is C17H29NO9S. The zero-order valence-electron chi connectivity index (χ0n) is 15.6. The third-order valence-electron chi connectivity index (χ3n) is 5.01. The van der Waals surface area contributed by atoms with E-state index in [-0.39, 0.29) is 29.6 Å². The van der Waals surface area contributed by atoms with E-state index < -0.39 is 16.3 Å². The first-order valence-electron chi connectivity index (χ1n) is 8.47. The number of esters is 1. The Kier molecular flexibility index (Phi) is 10.8. The van der Waals surface area contributed by atoms with Crippen LogP contribution in [0.5, 0.6) is 0 Å². The number of aliphatic hydroxyl groups is 1. The van der Waals surface area contributed by atoms with Gasteiger partial charge in [-0.3, -0.25) is 13.9 Å². The first-order chi connectivity index (χ1) is 12.2. The predicted molar refractivity (Wildman–Crippen MR) is 101 cm³/mol. The Balaban J connectivity index is 0.000000934. The van der Waals surface area contributed by atoms with Gasteiger partial charge in [-0.05, 0) is 38.3 Å². The molecule has 0 aliphatic carbocycles. The van der Waals surface area contributed by atoms with Gasteiger partial charge in [0.15, 0.2) is 0 Å². The van der Waals surface area contributed by atoms with Gasteiger partial charge in [-0.1, -0.05) is 30.3 Å². The van der Waals surface area contributed by atoms with Gasteiger partial charge in [-0.15, -0.1) is 0 Å². The number of fused-ring (bicyclic) bond motifs is 2. The minimum absolute atomic E-state index is 0. The van der Waals surface area contributed by atoms with Crippen LogP contribution in [-0.4, -0.2) is 76.3 Å². The van der Waals surface area contributed by atoms with Gasteiger partial charge in [0, 0.05) is 12.1 Å². The number of piperidine rings is 1. The molecule has 0 saturated carbocycles. The molecule has 0 aromatic heterocycles. The summed E-state index contributed by atoms with van der Waals surface area (Å²) in [6.07, 6.45) is 4.26. The van der Waals surface area contributed by atoms with Gasteiger partial charge >= 0.3 is 16.4 Å². The lowest BCUT2D eigenvalue weighted by Gasteiger charge is -2.36. The van der Waals surface area contributed by atoms with Crippen molar-refractivity contribution in [2.75, 3.05) is 13.7 Å². The van der Waals surface area contributed by atoms with Gasteiger partial charge in [0.25, 0.3) is 0 Å². The Hall–Kier alpha value is -1.60. The molecule has 0 radical (unpaired) electrons. The van der Waals surface area contributed by atoms with Crippen LogP contribution in [-0.2, 0) is 19.9 Å². The van der Waals surface area contributed by atoms with E-state index in [0.717, 1.165) is 18.4 Å². The fourth-order valence-corrected chi connectivity index (χ4v) is 3.71. The van der Waals surface area contributed by atoms with Crippen molar-refractivity contribution < 1.29 is 43.1 Å². The summed E-state index contributed by atoms with van der Waals surface area (Å²) in [5.41, 5.74) is 0.820. The molecule has 2 aliphatic heterocycles. The van der Waals surface area contributed by atoms with Crippen LogP contribution in [0.15, 0.2) is 30.3 Å². The highest BCUT2D eigenvalue weighted by atomic mass is 32.3. The highest BCUT2D eigenvalue weighted by molar-refractivity contribution is 7.79. The lowest BCUT2D eigenvalue weighted by Crippen LogP contribution is -2.43. The van der Waals surface area contributed by atoms with Crippen molar-refractivity contribution in [1.82, 2.24) is 4.90 Å². The zero-order valence-corrected chi connectivity index (χ0v) is 16.4. The summed E-state index contributed by atoms with van der Waals surface area (Å²) in [6, 6.07) is 10.5. The second-order valence-electron chi connectivity index (χ2n) is 6.67. The Morgan fingerprint density at radius 3 is 2.04 bits per heavy atom. The van der Waals surface area contributed by atoms with E-state index in [4.69, 9.17) is 22.3 Å². The second kappa shape index (κ2) is 11.4. The van der Waals surface area contributed by atoms with E-state index in [2.05, 4.69) is 11.9 Å². The lowest BCUT2D eigenvalue weighted by molar-refractivity contribution is -0.155. The number of nitrogens with zero attached hydrogens (tertiary/aromatic N) is 1. The van der Waals surface area contributed by atoms with Crippen molar-refractivity contribution in [2.24, 2.45) is 0 Å². The molecule has 4 atom stereocenters. The van der Waals surface area contributed by atoms with Gasteiger partial charge in [0.05, 0.1) is 6.61 Å². The van der Waals surface area contributed by atoms with Crippen molar-refractivity contribution in [3.05, 3.63) is 35.9 Å². The quantitative estimate of drug-likeness (QED) is 0.432. The van der Waals surface area contributed by atoms with E-state index >= 15 is 0 Å². The summed E-state index contributed by atoms with van der Waals surface area (Å²) < 4.78 is 37.3. The topological polar surface area (TPSA) is 187 Å². The normalized spacial score (nSPS) is 24.6. The van der Waals surface area contributed by atoms with Gasteiger partial charge in [-0.2, -0.15) is 8.42 Å². The van der Waals surface area contributed by atoms with E-state index in [0.29, 0.717) is 12.1 Å². The number of ether oxygens (including phenoxy) is 1. The highest BCUT2D eigenvalue weighted by Gasteiger charge is 2.40. The first-order valence-corrected chi connectivity index (χ1v) is 9.87. The molecule has 162 valence electrons. The van der Waals surface area contributed by atoms with Crippen LogP contribution in [0.1, 0.15) is 37.2 Å². The summed E-state index contributed by atoms with van der Waals surface area (Å²) in [6.45, 7) is -0.206. The van der Waals surface area contributed by atoms with Crippen LogP contribution in [0.2, 0.25) is 0 Å². The number of benzene rings is 1. The van der Waals surface area contributed by atoms with E-state index in [1.54, 1.807) is 0 Å². The Bertz CT molecular complexity index is 676. The average Bonchev–Trinajstić information content (AvgIpc) is 2.77. The highest BCUT2D eigenvalue weighted by Crippen LogP contribution is 2.36. The van der Waals surface area contributed by atoms with Crippen LogP contribution in [0.4, 0.5) is 0 Å². The molecule has 11 heteroatoms. The molecule has 1 aromatic rings. The molecule has 2 unspecified atom stereocenters. The minimum atomic E-state index is -4.67. The van der Waals surface area contributed by atoms with Crippen molar-refractivity contribution in [2.45, 2.75) is 49.8 Å². The third kappa shape index (κ3) is 7.80. The smallest absolute Gasteiger partial charge is 0.394 e. The van der Waals surface area contributed by atoms with Gasteiger partial charge in [0.2, 0.25) is 0 Å². The molecule has 10 nitrogen and oxygen atoms in total. The lowest BCUT2D eigenvalue weighted by atomic mass is 9.98. The van der Waals surface area contributed by atoms with Crippen molar-refractivity contribution in [3.63, 3.8) is 0 Å². The summed E-state index contributed by atoms with van der Waals surface area (Å²) in [5, 5.41) is 9.53. The van der Waals surface area contributed by atoms with E-state index in [1.165, 1.54) is 12.8 Å². The number of hydrogen-bond donors (Lipinski definition) is 3. The molecule has 7 N–H and O–H groups in total. The molecule has 3 rings (SSSR count). The molecule has 2 bridgehead atoms. The van der Waals surface area contributed by atoms with Crippen LogP contribution in [0, 0.1) is 0 Å². The Morgan fingerprint density at radius 1 is 1.14 bits per heavy atom. The summed E-state index contributed by atoms with van der Waals surface area (Å²) >= 11 is 0. The van der Waals surface area contributed by atoms with E-state index in [1.807, 2.05) is 30.3 Å². The van der Waals surface area contributed by atoms with Crippen LogP contribution >= 0.6 is 0 Å². The molecule has 1 aromatic carbocycles. The summed E-state index contributed by atoms with van der Waals surface area (Å²) in [7, 11) is -2.50. The molecule has 2 fully saturated rings. The zero-order chi connectivity index (χ0) is 19.3. The Labute approximate surface area is 164 Å². The van der Waals surface area contributed by atoms with Gasteiger partial charge in [0.1, 0.15) is 12.0 Å². The number of aliphatic hydroxyl groups excluding tert-OH is 1. The molecular weight excluding hydrogens is 394 g/mol. The van der Waals surface area contributed by atoms with Crippen LogP contribution < -0.4 is 0 Å². The molecule has 28 heavy (non-hydrogen) atoms. The van der Waals surface area contributed by atoms with Crippen LogP contribution in [0.25, 0.3) is 0 Å². The largest absolute Gasteiger partial charge is 0.462 e. The van der Waals surface area contributed by atoms with Crippen LogP contribution in [0.3, 0.4) is 0 Å². The summed E-state index contributed by atoms with van der Waals surface area (Å²) in [5.74, 6) is -0.860. The van der Waals surface area contributed by atoms with Gasteiger partial charge < -0.3 is 25.7 Å². The third-order valence-corrected chi connectivity index (χ3v) is 5.01. The minimum Gasteiger partial charge on any atom is -0.462 e. The average molecular weight is 423 g/mol. The molecule has 0 spiro atoms.